The minimum atomic E-state index is -0.608. The molecule has 28 heavy (non-hydrogen) atoms. The second-order valence-electron chi connectivity index (χ2n) is 6.13. The fourth-order valence-corrected chi connectivity index (χ4v) is 3.75. The number of nitrogens with zero attached hydrogens (tertiary/aromatic N) is 3. The monoisotopic (exact) mass is 400 g/mol. The molecule has 0 saturated heterocycles. The van der Waals surface area contributed by atoms with E-state index in [0.717, 1.165) is 18.2 Å². The van der Waals surface area contributed by atoms with E-state index in [2.05, 4.69) is 10.1 Å². The summed E-state index contributed by atoms with van der Waals surface area (Å²) < 4.78 is 34.6. The lowest BCUT2D eigenvalue weighted by atomic mass is 10.2. The quantitative estimate of drug-likeness (QED) is 0.549. The van der Waals surface area contributed by atoms with Crippen LogP contribution in [0.2, 0.25) is 0 Å². The van der Waals surface area contributed by atoms with Gasteiger partial charge in [-0.2, -0.15) is 0 Å². The highest BCUT2D eigenvalue weighted by molar-refractivity contribution is 7.13. The van der Waals surface area contributed by atoms with Crippen LogP contribution in [0.1, 0.15) is 21.6 Å². The summed E-state index contributed by atoms with van der Waals surface area (Å²) in [5, 5.41) is 6.06. The van der Waals surface area contributed by atoms with Crippen molar-refractivity contribution in [3.8, 4) is 22.2 Å². The smallest absolute Gasteiger partial charge is 0.250 e. The first kappa shape index (κ1) is 18.1. The van der Waals surface area contributed by atoms with E-state index >= 15 is 0 Å². The fourth-order valence-electron chi connectivity index (χ4n) is 2.98. The van der Waals surface area contributed by atoms with E-state index in [9.17, 15) is 13.6 Å². The number of benzene rings is 1. The summed E-state index contributed by atoms with van der Waals surface area (Å²) in [5.74, 6) is -1.18. The van der Waals surface area contributed by atoms with E-state index in [-0.39, 0.29) is 12.1 Å². The maximum Gasteiger partial charge on any atom is 0.250 e. The molecule has 0 radical (unpaired) electrons. The molecule has 0 saturated carbocycles. The number of halogens is 2. The van der Waals surface area contributed by atoms with Gasteiger partial charge in [-0.3, -0.25) is 4.79 Å². The van der Waals surface area contributed by atoms with Crippen LogP contribution in [0.15, 0.2) is 46.4 Å². The molecule has 9 heteroatoms. The molecule has 0 bridgehead atoms. The molecule has 3 heterocycles. The second kappa shape index (κ2) is 7.01. The number of nitrogens with two attached hydrogens (primary N) is 1. The van der Waals surface area contributed by atoms with E-state index in [4.69, 9.17) is 10.3 Å². The van der Waals surface area contributed by atoms with Crippen LogP contribution in [-0.4, -0.2) is 20.6 Å². The number of amides is 1. The van der Waals surface area contributed by atoms with Crippen LogP contribution in [-0.2, 0) is 6.54 Å². The van der Waals surface area contributed by atoms with E-state index in [0.29, 0.717) is 33.4 Å². The second-order valence-corrected chi connectivity index (χ2v) is 6.99. The van der Waals surface area contributed by atoms with Crippen molar-refractivity contribution in [2.75, 3.05) is 0 Å². The summed E-state index contributed by atoms with van der Waals surface area (Å²) in [6.07, 6.45) is 1.52. The van der Waals surface area contributed by atoms with Crippen LogP contribution in [0.25, 0.3) is 22.2 Å². The molecular formula is C19H14F2N4O2S. The number of carbonyl (C=O) groups excluding carboxylic acids is 1. The van der Waals surface area contributed by atoms with Gasteiger partial charge in [0.15, 0.2) is 10.8 Å². The minimum Gasteiger partial charge on any atom is -0.366 e. The van der Waals surface area contributed by atoms with Crippen molar-refractivity contribution in [3.63, 3.8) is 0 Å². The predicted molar refractivity (Wildman–Crippen MR) is 99.8 cm³/mol. The van der Waals surface area contributed by atoms with Gasteiger partial charge in [-0.05, 0) is 31.2 Å². The summed E-state index contributed by atoms with van der Waals surface area (Å²) in [6, 6.07) is 6.55. The van der Waals surface area contributed by atoms with Crippen molar-refractivity contribution >= 4 is 17.2 Å². The first-order valence-corrected chi connectivity index (χ1v) is 9.13. The third kappa shape index (κ3) is 3.20. The molecule has 0 aliphatic carbocycles. The average molecular weight is 400 g/mol. The van der Waals surface area contributed by atoms with Gasteiger partial charge >= 0.3 is 0 Å². The fraction of sp³-hybridized carbons (Fsp3) is 0.105. The largest absolute Gasteiger partial charge is 0.366 e. The maximum atomic E-state index is 14.2. The van der Waals surface area contributed by atoms with Crippen LogP contribution in [0.3, 0.4) is 0 Å². The van der Waals surface area contributed by atoms with Gasteiger partial charge in [0.2, 0.25) is 0 Å². The number of rotatable bonds is 5. The number of primary amides is 1. The molecule has 3 aromatic heterocycles. The highest BCUT2D eigenvalue weighted by atomic mass is 32.1. The molecule has 0 unspecified atom stereocenters. The topological polar surface area (TPSA) is 86.9 Å². The first-order chi connectivity index (χ1) is 13.4. The van der Waals surface area contributed by atoms with E-state index in [1.807, 2.05) is 0 Å². The Kier molecular flexibility index (Phi) is 4.52. The summed E-state index contributed by atoms with van der Waals surface area (Å²) in [7, 11) is 0. The summed E-state index contributed by atoms with van der Waals surface area (Å²) in [5.41, 5.74) is 7.59. The molecule has 0 fully saturated rings. The van der Waals surface area contributed by atoms with Crippen LogP contribution in [0.5, 0.6) is 0 Å². The molecule has 0 aliphatic heterocycles. The van der Waals surface area contributed by atoms with Crippen LogP contribution < -0.4 is 5.73 Å². The van der Waals surface area contributed by atoms with Gasteiger partial charge in [-0.25, -0.2) is 13.8 Å². The van der Waals surface area contributed by atoms with Gasteiger partial charge in [-0.1, -0.05) is 5.16 Å². The Balaban J connectivity index is 1.82. The zero-order valence-electron chi connectivity index (χ0n) is 14.6. The van der Waals surface area contributed by atoms with Crippen molar-refractivity contribution < 1.29 is 18.1 Å². The SMILES string of the molecule is Cc1c(C(N)=O)cc(-c2csc(-c3ccno3)n2)n1Cc1cc(F)ccc1F. The van der Waals surface area contributed by atoms with Gasteiger partial charge in [0, 0.05) is 22.7 Å². The lowest BCUT2D eigenvalue weighted by molar-refractivity contribution is 0.0999. The molecule has 1 amide bonds. The molecule has 1 aromatic carbocycles. The molecular weight excluding hydrogens is 386 g/mol. The summed E-state index contributed by atoms with van der Waals surface area (Å²) >= 11 is 1.34. The number of thiazole rings is 1. The van der Waals surface area contributed by atoms with Gasteiger partial charge in [0.25, 0.3) is 5.91 Å². The number of aromatic nitrogens is 3. The Labute approximate surface area is 162 Å². The predicted octanol–water partition coefficient (Wildman–Crippen LogP) is 4.00. The van der Waals surface area contributed by atoms with Gasteiger partial charge in [0.05, 0.1) is 29.7 Å². The lowest BCUT2D eigenvalue weighted by Crippen LogP contribution is -2.13. The van der Waals surface area contributed by atoms with Gasteiger partial charge in [-0.15, -0.1) is 11.3 Å². The molecule has 0 aliphatic rings. The first-order valence-electron chi connectivity index (χ1n) is 8.25. The Morgan fingerprint density at radius 2 is 2.11 bits per heavy atom. The number of carbonyl (C=O) groups is 1. The average Bonchev–Trinajstić information content (AvgIpc) is 3.38. The molecule has 6 nitrogen and oxygen atoms in total. The Morgan fingerprint density at radius 3 is 2.82 bits per heavy atom. The Hall–Kier alpha value is -3.33. The third-order valence-electron chi connectivity index (χ3n) is 4.38. The van der Waals surface area contributed by atoms with Crippen LogP contribution in [0, 0.1) is 18.6 Å². The maximum absolute atomic E-state index is 14.2. The van der Waals surface area contributed by atoms with Crippen molar-refractivity contribution in [2.24, 2.45) is 5.73 Å². The minimum absolute atomic E-state index is 0.0210. The van der Waals surface area contributed by atoms with Crippen molar-refractivity contribution in [1.29, 1.82) is 0 Å². The number of hydrogen-bond donors (Lipinski definition) is 1. The normalized spacial score (nSPS) is 11.1. The summed E-state index contributed by atoms with van der Waals surface area (Å²) in [6.45, 7) is 1.72. The molecule has 0 atom stereocenters. The lowest BCUT2D eigenvalue weighted by Gasteiger charge is -2.12. The van der Waals surface area contributed by atoms with Crippen LogP contribution in [0.4, 0.5) is 8.78 Å². The van der Waals surface area contributed by atoms with Crippen molar-refractivity contribution in [3.05, 3.63) is 70.4 Å². The van der Waals surface area contributed by atoms with E-state index < -0.39 is 17.5 Å². The Bertz CT molecular complexity index is 1170. The van der Waals surface area contributed by atoms with Crippen molar-refractivity contribution in [2.45, 2.75) is 13.5 Å². The highest BCUT2D eigenvalue weighted by Crippen LogP contribution is 2.32. The molecule has 4 rings (SSSR count). The van der Waals surface area contributed by atoms with Crippen LogP contribution >= 0.6 is 11.3 Å². The molecule has 0 spiro atoms. The molecule has 4 aromatic rings. The Morgan fingerprint density at radius 1 is 1.29 bits per heavy atom. The third-order valence-corrected chi connectivity index (χ3v) is 5.24. The molecule has 142 valence electrons. The molecule has 2 N–H and O–H groups in total. The summed E-state index contributed by atoms with van der Waals surface area (Å²) in [4.78, 5) is 16.3. The zero-order chi connectivity index (χ0) is 19.8. The zero-order valence-corrected chi connectivity index (χ0v) is 15.5. The van der Waals surface area contributed by atoms with E-state index in [1.165, 1.54) is 17.5 Å². The highest BCUT2D eigenvalue weighted by Gasteiger charge is 2.20. The van der Waals surface area contributed by atoms with Gasteiger partial charge < -0.3 is 14.8 Å². The van der Waals surface area contributed by atoms with Crippen molar-refractivity contribution in [1.82, 2.24) is 14.7 Å². The standard InChI is InChI=1S/C19H14F2N4O2S/c1-10-13(18(22)26)7-16(15-9-28-19(24-15)17-4-5-23-27-17)25(10)8-11-6-12(20)2-3-14(11)21/h2-7,9H,8H2,1H3,(H2,22,26). The number of hydrogen-bond acceptors (Lipinski definition) is 5. The van der Waals surface area contributed by atoms with E-state index in [1.54, 1.807) is 29.0 Å². The van der Waals surface area contributed by atoms with Gasteiger partial charge in [0.1, 0.15) is 11.6 Å².